The Balaban J connectivity index is 1.30. The van der Waals surface area contributed by atoms with Crippen molar-refractivity contribution < 1.29 is 4.79 Å². The molecule has 2 aromatic heterocycles. The number of likely N-dealkylation sites (tertiary alicyclic amines) is 1. The molecule has 0 radical (unpaired) electrons. The van der Waals surface area contributed by atoms with Crippen molar-refractivity contribution in [3.63, 3.8) is 0 Å². The van der Waals surface area contributed by atoms with E-state index in [0.29, 0.717) is 17.6 Å². The summed E-state index contributed by atoms with van der Waals surface area (Å²) in [6, 6.07) is 16.8. The summed E-state index contributed by atoms with van der Waals surface area (Å²) in [5, 5.41) is 5.38. The number of anilines is 1. The maximum atomic E-state index is 12.1. The Morgan fingerprint density at radius 3 is 2.68 bits per heavy atom. The molecule has 1 aliphatic heterocycles. The quantitative estimate of drug-likeness (QED) is 0.690. The summed E-state index contributed by atoms with van der Waals surface area (Å²) >= 11 is 1.44. The highest BCUT2D eigenvalue weighted by Crippen LogP contribution is 2.27. The van der Waals surface area contributed by atoms with Crippen LogP contribution < -0.4 is 5.32 Å². The Morgan fingerprint density at radius 1 is 1.11 bits per heavy atom. The van der Waals surface area contributed by atoms with Crippen LogP contribution in [0, 0.1) is 0 Å². The lowest BCUT2D eigenvalue weighted by atomic mass is 9.92. The van der Waals surface area contributed by atoms with Crippen LogP contribution in [0.4, 0.5) is 5.13 Å². The van der Waals surface area contributed by atoms with E-state index in [1.54, 1.807) is 6.20 Å². The molecular formula is C22H24N4OS. The molecule has 1 saturated heterocycles. The number of benzene rings is 1. The maximum Gasteiger partial charge on any atom is 0.240 e. The van der Waals surface area contributed by atoms with Gasteiger partial charge in [0.25, 0.3) is 0 Å². The SMILES string of the molecule is O=C(CN1CCC(c2cccc(Cc3ccccc3)n2)CC1)Nc1nccs1. The summed E-state index contributed by atoms with van der Waals surface area (Å²) in [6.07, 6.45) is 4.63. The third kappa shape index (κ3) is 5.03. The van der Waals surface area contributed by atoms with Crippen LogP contribution in [0.2, 0.25) is 0 Å². The van der Waals surface area contributed by atoms with Gasteiger partial charge in [0, 0.05) is 35.3 Å². The highest BCUT2D eigenvalue weighted by molar-refractivity contribution is 7.13. The molecule has 6 heteroatoms. The van der Waals surface area contributed by atoms with E-state index < -0.39 is 0 Å². The van der Waals surface area contributed by atoms with Crippen LogP contribution in [-0.2, 0) is 11.2 Å². The molecule has 4 rings (SSSR count). The molecule has 0 aliphatic carbocycles. The van der Waals surface area contributed by atoms with Gasteiger partial charge in [0.15, 0.2) is 5.13 Å². The van der Waals surface area contributed by atoms with Gasteiger partial charge in [0.1, 0.15) is 0 Å². The molecule has 0 bridgehead atoms. The topological polar surface area (TPSA) is 58.1 Å². The fourth-order valence-electron chi connectivity index (χ4n) is 3.66. The molecule has 0 spiro atoms. The average Bonchev–Trinajstić information content (AvgIpc) is 3.22. The minimum atomic E-state index is 0.0105. The van der Waals surface area contributed by atoms with Gasteiger partial charge in [-0.2, -0.15) is 0 Å². The molecule has 1 amide bonds. The lowest BCUT2D eigenvalue weighted by Crippen LogP contribution is -2.38. The highest BCUT2D eigenvalue weighted by Gasteiger charge is 2.23. The van der Waals surface area contributed by atoms with Crippen molar-refractivity contribution in [2.45, 2.75) is 25.2 Å². The Hall–Kier alpha value is -2.57. The first kappa shape index (κ1) is 18.8. The lowest BCUT2D eigenvalue weighted by molar-refractivity contribution is -0.117. The summed E-state index contributed by atoms with van der Waals surface area (Å²) in [5.41, 5.74) is 3.59. The second kappa shape index (κ2) is 9.08. The molecule has 3 aromatic rings. The molecule has 1 fully saturated rings. The van der Waals surface area contributed by atoms with Crippen molar-refractivity contribution in [3.8, 4) is 0 Å². The highest BCUT2D eigenvalue weighted by atomic mass is 32.1. The molecule has 1 aromatic carbocycles. The second-order valence-corrected chi connectivity index (χ2v) is 8.05. The number of rotatable bonds is 6. The predicted octanol–water partition coefficient (Wildman–Crippen LogP) is 3.95. The minimum Gasteiger partial charge on any atom is -0.301 e. The molecule has 0 unspecified atom stereocenters. The summed E-state index contributed by atoms with van der Waals surface area (Å²) in [7, 11) is 0. The van der Waals surface area contributed by atoms with Crippen LogP contribution in [0.15, 0.2) is 60.1 Å². The van der Waals surface area contributed by atoms with Gasteiger partial charge in [-0.05, 0) is 43.6 Å². The number of carbonyl (C=O) groups is 1. The first-order chi connectivity index (χ1) is 13.8. The average molecular weight is 393 g/mol. The number of nitrogens with zero attached hydrogens (tertiary/aromatic N) is 3. The predicted molar refractivity (Wildman–Crippen MR) is 113 cm³/mol. The van der Waals surface area contributed by atoms with Crippen molar-refractivity contribution in [1.82, 2.24) is 14.9 Å². The molecule has 0 saturated carbocycles. The molecule has 5 nitrogen and oxygen atoms in total. The monoisotopic (exact) mass is 392 g/mol. The van der Waals surface area contributed by atoms with E-state index in [4.69, 9.17) is 4.98 Å². The van der Waals surface area contributed by atoms with Crippen LogP contribution in [0.25, 0.3) is 0 Å². The third-order valence-electron chi connectivity index (χ3n) is 5.11. The van der Waals surface area contributed by atoms with Gasteiger partial charge in [0.05, 0.1) is 6.54 Å². The van der Waals surface area contributed by atoms with E-state index in [0.717, 1.165) is 38.0 Å². The van der Waals surface area contributed by atoms with E-state index >= 15 is 0 Å². The number of hydrogen-bond donors (Lipinski definition) is 1. The van der Waals surface area contributed by atoms with Crippen molar-refractivity contribution in [1.29, 1.82) is 0 Å². The largest absolute Gasteiger partial charge is 0.301 e. The maximum absolute atomic E-state index is 12.1. The number of amides is 1. The van der Waals surface area contributed by atoms with E-state index in [-0.39, 0.29) is 5.91 Å². The summed E-state index contributed by atoms with van der Waals surface area (Å²) < 4.78 is 0. The van der Waals surface area contributed by atoms with E-state index in [1.165, 1.54) is 22.6 Å². The van der Waals surface area contributed by atoms with Gasteiger partial charge in [-0.15, -0.1) is 11.3 Å². The van der Waals surface area contributed by atoms with E-state index in [2.05, 4.69) is 57.7 Å². The molecule has 1 N–H and O–H groups in total. The van der Waals surface area contributed by atoms with Crippen LogP contribution >= 0.6 is 11.3 Å². The molecule has 3 heterocycles. The van der Waals surface area contributed by atoms with Gasteiger partial charge in [-0.1, -0.05) is 36.4 Å². The Morgan fingerprint density at radius 2 is 1.93 bits per heavy atom. The zero-order valence-corrected chi connectivity index (χ0v) is 16.6. The van der Waals surface area contributed by atoms with Crippen LogP contribution in [0.1, 0.15) is 35.7 Å². The zero-order valence-electron chi connectivity index (χ0n) is 15.8. The van der Waals surface area contributed by atoms with Crippen molar-refractivity contribution >= 4 is 22.4 Å². The number of nitrogens with one attached hydrogen (secondary N) is 1. The molecule has 0 atom stereocenters. The van der Waals surface area contributed by atoms with Gasteiger partial charge in [-0.3, -0.25) is 14.7 Å². The third-order valence-corrected chi connectivity index (χ3v) is 5.80. The number of carbonyl (C=O) groups excluding carboxylic acids is 1. The van der Waals surface area contributed by atoms with E-state index in [9.17, 15) is 4.79 Å². The van der Waals surface area contributed by atoms with Crippen molar-refractivity contribution in [3.05, 3.63) is 77.1 Å². The number of hydrogen-bond acceptors (Lipinski definition) is 5. The number of aromatic nitrogens is 2. The minimum absolute atomic E-state index is 0.0105. The standard InChI is InChI=1S/C22H24N4OS/c27-21(25-22-23-11-14-28-22)16-26-12-9-18(10-13-26)20-8-4-7-19(24-20)15-17-5-2-1-3-6-17/h1-8,11,14,18H,9-10,12-13,15-16H2,(H,23,25,27). The smallest absolute Gasteiger partial charge is 0.240 e. The number of piperidine rings is 1. The fraction of sp³-hybridized carbons (Fsp3) is 0.318. The second-order valence-electron chi connectivity index (χ2n) is 7.15. The Kier molecular flexibility index (Phi) is 6.09. The van der Waals surface area contributed by atoms with Gasteiger partial charge >= 0.3 is 0 Å². The van der Waals surface area contributed by atoms with Crippen LogP contribution in [0.5, 0.6) is 0 Å². The van der Waals surface area contributed by atoms with Gasteiger partial charge in [-0.25, -0.2) is 4.98 Å². The first-order valence-electron chi connectivity index (χ1n) is 9.68. The number of pyridine rings is 1. The van der Waals surface area contributed by atoms with Gasteiger partial charge < -0.3 is 5.32 Å². The first-order valence-corrected chi connectivity index (χ1v) is 10.6. The molecule has 144 valence electrons. The zero-order chi connectivity index (χ0) is 19.2. The Bertz CT molecular complexity index is 890. The lowest BCUT2D eigenvalue weighted by Gasteiger charge is -2.31. The normalized spacial score (nSPS) is 15.4. The molecule has 28 heavy (non-hydrogen) atoms. The Labute approximate surface area is 169 Å². The molecular weight excluding hydrogens is 368 g/mol. The number of thiazole rings is 1. The van der Waals surface area contributed by atoms with Crippen molar-refractivity contribution in [2.24, 2.45) is 0 Å². The summed E-state index contributed by atoms with van der Waals surface area (Å²) in [6.45, 7) is 2.26. The summed E-state index contributed by atoms with van der Waals surface area (Å²) in [4.78, 5) is 23.4. The van der Waals surface area contributed by atoms with Crippen LogP contribution in [-0.4, -0.2) is 40.4 Å². The molecule has 1 aliphatic rings. The van der Waals surface area contributed by atoms with Crippen LogP contribution in [0.3, 0.4) is 0 Å². The van der Waals surface area contributed by atoms with E-state index in [1.807, 2.05) is 11.4 Å². The fourth-order valence-corrected chi connectivity index (χ4v) is 4.21. The van der Waals surface area contributed by atoms with Gasteiger partial charge in [0.2, 0.25) is 5.91 Å². The summed E-state index contributed by atoms with van der Waals surface area (Å²) in [5.74, 6) is 0.477. The van der Waals surface area contributed by atoms with Crippen molar-refractivity contribution in [2.75, 3.05) is 25.0 Å².